The van der Waals surface area contributed by atoms with Gasteiger partial charge in [0.05, 0.1) is 0 Å². The standard InChI is InChI=1S/C24H15O2P/c25-27(16-8-2-1-3-9-16)23-13-7-5-11-18(23)20-14-22-19(15-24(20)27)17-10-4-6-12-21(17)26-22/h1-15H. The van der Waals surface area contributed by atoms with Crippen molar-refractivity contribution in [3.63, 3.8) is 0 Å². The molecule has 0 fully saturated rings. The zero-order valence-electron chi connectivity index (χ0n) is 14.4. The predicted molar refractivity (Wildman–Crippen MR) is 112 cm³/mol. The van der Waals surface area contributed by atoms with Crippen LogP contribution < -0.4 is 15.9 Å². The SMILES string of the molecule is O=P1(c2ccccc2)c2ccccc2-c2cc3oc4ccccc4c3cc21. The number of hydrogen-bond acceptors (Lipinski definition) is 2. The quantitative estimate of drug-likeness (QED) is 0.374. The lowest BCUT2D eigenvalue weighted by Gasteiger charge is -2.15. The van der Waals surface area contributed by atoms with Gasteiger partial charge >= 0.3 is 0 Å². The van der Waals surface area contributed by atoms with Crippen LogP contribution in [0.1, 0.15) is 0 Å². The van der Waals surface area contributed by atoms with Gasteiger partial charge in [-0.2, -0.15) is 0 Å². The van der Waals surface area contributed by atoms with Gasteiger partial charge in [-0.3, -0.25) is 0 Å². The van der Waals surface area contributed by atoms with Crippen molar-refractivity contribution < 1.29 is 8.98 Å². The van der Waals surface area contributed by atoms with E-state index in [2.05, 4.69) is 24.3 Å². The summed E-state index contributed by atoms with van der Waals surface area (Å²) in [5.41, 5.74) is 3.76. The fraction of sp³-hybridized carbons (Fsp3) is 0. The Labute approximate surface area is 156 Å². The van der Waals surface area contributed by atoms with Gasteiger partial charge < -0.3 is 8.98 Å². The molecule has 1 aromatic heterocycles. The van der Waals surface area contributed by atoms with Crippen molar-refractivity contribution >= 4 is 45.0 Å². The molecular formula is C24H15O2P. The molecule has 2 nitrogen and oxygen atoms in total. The van der Waals surface area contributed by atoms with Crippen LogP contribution in [0.25, 0.3) is 33.1 Å². The van der Waals surface area contributed by atoms with E-state index >= 15 is 0 Å². The molecule has 2 heterocycles. The second-order valence-corrected chi connectivity index (χ2v) is 9.62. The molecule has 1 aliphatic heterocycles. The lowest BCUT2D eigenvalue weighted by atomic mass is 10.0. The predicted octanol–water partition coefficient (Wildman–Crippen LogP) is 5.21. The molecule has 3 heteroatoms. The van der Waals surface area contributed by atoms with Crippen LogP contribution in [0.2, 0.25) is 0 Å². The summed E-state index contributed by atoms with van der Waals surface area (Å²) < 4.78 is 20.6. The Balaban J connectivity index is 1.78. The fourth-order valence-electron chi connectivity index (χ4n) is 4.26. The molecule has 0 aliphatic carbocycles. The smallest absolute Gasteiger partial charge is 0.172 e. The zero-order valence-corrected chi connectivity index (χ0v) is 15.3. The van der Waals surface area contributed by atoms with E-state index in [0.29, 0.717) is 0 Å². The van der Waals surface area contributed by atoms with Gasteiger partial charge in [-0.25, -0.2) is 0 Å². The number of furan rings is 1. The van der Waals surface area contributed by atoms with Gasteiger partial charge in [0.1, 0.15) is 11.2 Å². The molecule has 6 rings (SSSR count). The molecular weight excluding hydrogens is 351 g/mol. The molecule has 5 aromatic rings. The summed E-state index contributed by atoms with van der Waals surface area (Å²) in [4.78, 5) is 0. The molecule has 1 unspecified atom stereocenters. The molecule has 0 saturated heterocycles. The number of rotatable bonds is 1. The average molecular weight is 366 g/mol. The first-order valence-electron chi connectivity index (χ1n) is 8.98. The Morgan fingerprint density at radius 1 is 0.593 bits per heavy atom. The van der Waals surface area contributed by atoms with Gasteiger partial charge in [0.15, 0.2) is 7.14 Å². The minimum atomic E-state index is -2.90. The molecule has 27 heavy (non-hydrogen) atoms. The number of hydrogen-bond donors (Lipinski definition) is 0. The lowest BCUT2D eigenvalue weighted by Crippen LogP contribution is -2.20. The summed E-state index contributed by atoms with van der Waals surface area (Å²) in [7, 11) is -2.90. The summed E-state index contributed by atoms with van der Waals surface area (Å²) >= 11 is 0. The molecule has 1 atom stereocenters. The highest BCUT2D eigenvalue weighted by Crippen LogP contribution is 2.53. The molecule has 0 spiro atoms. The Kier molecular flexibility index (Phi) is 2.90. The topological polar surface area (TPSA) is 30.2 Å². The van der Waals surface area contributed by atoms with Gasteiger partial charge in [0, 0.05) is 26.7 Å². The van der Waals surface area contributed by atoms with Crippen molar-refractivity contribution in [2.75, 3.05) is 0 Å². The molecule has 0 saturated carbocycles. The van der Waals surface area contributed by atoms with Crippen molar-refractivity contribution in [3.8, 4) is 11.1 Å². The molecule has 0 radical (unpaired) electrons. The Bertz CT molecular complexity index is 1400. The van der Waals surface area contributed by atoms with E-state index in [-0.39, 0.29) is 0 Å². The van der Waals surface area contributed by atoms with E-state index in [9.17, 15) is 4.57 Å². The van der Waals surface area contributed by atoms with E-state index in [1.54, 1.807) is 0 Å². The monoisotopic (exact) mass is 366 g/mol. The summed E-state index contributed by atoms with van der Waals surface area (Å²) in [6, 6.07) is 30.0. The summed E-state index contributed by atoms with van der Waals surface area (Å²) in [5.74, 6) is 0. The zero-order chi connectivity index (χ0) is 18.0. The Morgan fingerprint density at radius 3 is 2.22 bits per heavy atom. The van der Waals surface area contributed by atoms with Crippen molar-refractivity contribution in [1.29, 1.82) is 0 Å². The van der Waals surface area contributed by atoms with Crippen LogP contribution in [-0.4, -0.2) is 0 Å². The van der Waals surface area contributed by atoms with E-state index in [0.717, 1.165) is 49.0 Å². The highest BCUT2D eigenvalue weighted by atomic mass is 31.2. The second-order valence-electron chi connectivity index (χ2n) is 6.93. The number of para-hydroxylation sites is 1. The summed E-state index contributed by atoms with van der Waals surface area (Å²) in [5, 5.41) is 4.79. The van der Waals surface area contributed by atoms with E-state index in [1.807, 2.05) is 66.7 Å². The summed E-state index contributed by atoms with van der Waals surface area (Å²) in [6.07, 6.45) is 0. The van der Waals surface area contributed by atoms with E-state index in [1.165, 1.54) is 0 Å². The van der Waals surface area contributed by atoms with Gasteiger partial charge in [-0.05, 0) is 29.3 Å². The molecule has 4 aromatic carbocycles. The van der Waals surface area contributed by atoms with Crippen LogP contribution in [0.3, 0.4) is 0 Å². The molecule has 0 N–H and O–H groups in total. The highest BCUT2D eigenvalue weighted by Gasteiger charge is 2.40. The minimum Gasteiger partial charge on any atom is -0.456 e. The maximum Gasteiger partial charge on any atom is 0.172 e. The van der Waals surface area contributed by atoms with Crippen LogP contribution in [0, 0.1) is 0 Å². The van der Waals surface area contributed by atoms with Crippen molar-refractivity contribution in [1.82, 2.24) is 0 Å². The molecule has 1 aliphatic rings. The fourth-order valence-corrected chi connectivity index (χ4v) is 7.33. The van der Waals surface area contributed by atoms with Crippen molar-refractivity contribution in [2.45, 2.75) is 0 Å². The number of benzene rings is 4. The molecule has 0 bridgehead atoms. The minimum absolute atomic E-state index is 0.839. The lowest BCUT2D eigenvalue weighted by molar-refractivity contribution is 0.593. The first kappa shape index (κ1) is 15.0. The first-order chi connectivity index (χ1) is 13.3. The van der Waals surface area contributed by atoms with E-state index in [4.69, 9.17) is 4.42 Å². The van der Waals surface area contributed by atoms with Crippen molar-refractivity contribution in [3.05, 3.63) is 91.0 Å². The third-order valence-corrected chi connectivity index (χ3v) is 8.63. The largest absolute Gasteiger partial charge is 0.456 e. The van der Waals surface area contributed by atoms with Gasteiger partial charge in [-0.15, -0.1) is 0 Å². The number of fused-ring (bicyclic) bond motifs is 6. The third-order valence-electron chi connectivity index (χ3n) is 5.49. The molecule has 0 amide bonds. The van der Waals surface area contributed by atoms with Crippen LogP contribution >= 0.6 is 7.14 Å². The normalized spacial score (nSPS) is 17.9. The van der Waals surface area contributed by atoms with Crippen LogP contribution in [0.4, 0.5) is 0 Å². The maximum absolute atomic E-state index is 14.5. The van der Waals surface area contributed by atoms with Crippen LogP contribution in [-0.2, 0) is 4.57 Å². The third kappa shape index (κ3) is 1.88. The van der Waals surface area contributed by atoms with Crippen molar-refractivity contribution in [2.24, 2.45) is 0 Å². The second kappa shape index (κ2) is 5.22. The molecule has 128 valence electrons. The average Bonchev–Trinajstić information content (AvgIpc) is 3.22. The maximum atomic E-state index is 14.5. The summed E-state index contributed by atoms with van der Waals surface area (Å²) in [6.45, 7) is 0. The van der Waals surface area contributed by atoms with Gasteiger partial charge in [0.25, 0.3) is 0 Å². The van der Waals surface area contributed by atoms with Gasteiger partial charge in [-0.1, -0.05) is 72.8 Å². The van der Waals surface area contributed by atoms with Crippen LogP contribution in [0.5, 0.6) is 0 Å². The van der Waals surface area contributed by atoms with E-state index < -0.39 is 7.14 Å². The first-order valence-corrected chi connectivity index (χ1v) is 10.7. The Morgan fingerprint density at radius 2 is 1.33 bits per heavy atom. The highest BCUT2D eigenvalue weighted by molar-refractivity contribution is 7.86. The van der Waals surface area contributed by atoms with Gasteiger partial charge in [0.2, 0.25) is 0 Å². The van der Waals surface area contributed by atoms with Crippen LogP contribution in [0.15, 0.2) is 95.4 Å². The Hall–Kier alpha value is -3.09.